The Morgan fingerprint density at radius 3 is 2.58 bits per heavy atom. The molecule has 0 spiro atoms. The van der Waals surface area contributed by atoms with Crippen molar-refractivity contribution in [2.75, 3.05) is 33.9 Å². The Bertz CT molecular complexity index is 968. The van der Waals surface area contributed by atoms with Crippen molar-refractivity contribution in [2.24, 2.45) is 5.92 Å². The Labute approximate surface area is 191 Å². The summed E-state index contributed by atoms with van der Waals surface area (Å²) in [6, 6.07) is 6.24. The van der Waals surface area contributed by atoms with E-state index in [1.165, 1.54) is 26.4 Å². The predicted octanol–water partition coefficient (Wildman–Crippen LogP) is 1.88. The number of piperidine rings is 1. The van der Waals surface area contributed by atoms with Gasteiger partial charge in [0.2, 0.25) is 5.91 Å². The van der Waals surface area contributed by atoms with Crippen LogP contribution >= 0.6 is 0 Å². The first-order chi connectivity index (χ1) is 16.0. The summed E-state index contributed by atoms with van der Waals surface area (Å²) in [5.74, 6) is -0.647. The molecule has 10 heteroatoms. The first kappa shape index (κ1) is 23.3. The number of halogens is 1. The van der Waals surface area contributed by atoms with Crippen LogP contribution in [0.1, 0.15) is 40.7 Å². The molecule has 33 heavy (non-hydrogen) atoms. The number of imidazole rings is 1. The van der Waals surface area contributed by atoms with Gasteiger partial charge in [0.15, 0.2) is 12.0 Å². The first-order valence-corrected chi connectivity index (χ1v) is 11.0. The number of carbonyl (C=O) groups is 2. The molecule has 2 aliphatic heterocycles. The summed E-state index contributed by atoms with van der Waals surface area (Å²) in [6.45, 7) is 2.01. The lowest BCUT2D eigenvalue weighted by molar-refractivity contribution is -0.132. The number of rotatable bonds is 7. The molecule has 1 aromatic heterocycles. The second kappa shape index (κ2) is 10.4. The molecular weight excluding hydrogens is 431 g/mol. The molecule has 178 valence electrons. The van der Waals surface area contributed by atoms with E-state index in [2.05, 4.69) is 10.3 Å². The number of hydrogen-bond acceptors (Lipinski definition) is 6. The summed E-state index contributed by atoms with van der Waals surface area (Å²) in [6.07, 6.45) is 2.12. The van der Waals surface area contributed by atoms with Crippen LogP contribution in [0.3, 0.4) is 0 Å². The second-order valence-electron chi connectivity index (χ2n) is 8.26. The van der Waals surface area contributed by atoms with Crippen molar-refractivity contribution >= 4 is 11.8 Å². The van der Waals surface area contributed by atoms with Crippen LogP contribution in [0.25, 0.3) is 0 Å². The fraction of sp³-hybridized carbons (Fsp3) is 0.522. The number of carbonyl (C=O) groups excluding carboxylic acids is 2. The van der Waals surface area contributed by atoms with Crippen LogP contribution in [0.4, 0.5) is 4.39 Å². The lowest BCUT2D eigenvalue weighted by Crippen LogP contribution is -2.45. The summed E-state index contributed by atoms with van der Waals surface area (Å²) in [4.78, 5) is 31.6. The van der Waals surface area contributed by atoms with E-state index in [9.17, 15) is 14.0 Å². The molecule has 1 atom stereocenters. The maximum atomic E-state index is 13.2. The number of benzene rings is 1. The zero-order valence-corrected chi connectivity index (χ0v) is 18.8. The molecule has 0 radical (unpaired) electrons. The molecule has 1 saturated heterocycles. The highest BCUT2D eigenvalue weighted by atomic mass is 19.1. The van der Waals surface area contributed by atoms with Gasteiger partial charge in [-0.05, 0) is 30.5 Å². The number of fused-ring (bicyclic) bond motifs is 1. The zero-order valence-electron chi connectivity index (χ0n) is 18.8. The maximum Gasteiger partial charge on any atom is 0.274 e. The third kappa shape index (κ3) is 5.23. The lowest BCUT2D eigenvalue weighted by atomic mass is 9.95. The predicted molar refractivity (Wildman–Crippen MR) is 116 cm³/mol. The number of amides is 2. The summed E-state index contributed by atoms with van der Waals surface area (Å²) >= 11 is 0. The van der Waals surface area contributed by atoms with E-state index in [-0.39, 0.29) is 42.8 Å². The largest absolute Gasteiger partial charge is 0.365 e. The minimum atomic E-state index is -0.479. The SMILES string of the molecule is COC(CNC(=O)C1CCN(C(=O)c2ncn3c2COC(c2ccc(F)cc2)C3)CC1)OC. The van der Waals surface area contributed by atoms with Gasteiger partial charge < -0.3 is 29.0 Å². The van der Waals surface area contributed by atoms with Gasteiger partial charge in [-0.25, -0.2) is 9.37 Å². The van der Waals surface area contributed by atoms with E-state index in [1.807, 2.05) is 4.57 Å². The van der Waals surface area contributed by atoms with Crippen molar-refractivity contribution in [1.29, 1.82) is 0 Å². The van der Waals surface area contributed by atoms with E-state index >= 15 is 0 Å². The van der Waals surface area contributed by atoms with Crippen LogP contribution < -0.4 is 5.32 Å². The summed E-state index contributed by atoms with van der Waals surface area (Å²) in [5.41, 5.74) is 2.01. The van der Waals surface area contributed by atoms with Crippen LogP contribution in [0, 0.1) is 11.7 Å². The molecule has 3 heterocycles. The van der Waals surface area contributed by atoms with Gasteiger partial charge in [-0.2, -0.15) is 0 Å². The molecule has 2 aliphatic rings. The number of ether oxygens (including phenoxy) is 3. The van der Waals surface area contributed by atoms with Gasteiger partial charge in [-0.1, -0.05) is 12.1 Å². The minimum Gasteiger partial charge on any atom is -0.365 e. The lowest BCUT2D eigenvalue weighted by Gasteiger charge is -2.32. The normalized spacial score (nSPS) is 18.9. The monoisotopic (exact) mass is 460 g/mol. The number of hydrogen-bond donors (Lipinski definition) is 1. The molecule has 1 unspecified atom stereocenters. The van der Waals surface area contributed by atoms with E-state index in [0.29, 0.717) is 38.2 Å². The Kier molecular flexibility index (Phi) is 7.36. The highest BCUT2D eigenvalue weighted by Crippen LogP contribution is 2.29. The third-order valence-corrected chi connectivity index (χ3v) is 6.30. The molecule has 1 aromatic carbocycles. The minimum absolute atomic E-state index is 0.0548. The molecular formula is C23H29FN4O5. The van der Waals surface area contributed by atoms with E-state index in [1.54, 1.807) is 23.4 Å². The fourth-order valence-electron chi connectivity index (χ4n) is 4.27. The zero-order chi connectivity index (χ0) is 23.4. The maximum absolute atomic E-state index is 13.2. The Hall–Kier alpha value is -2.82. The van der Waals surface area contributed by atoms with Gasteiger partial charge in [-0.3, -0.25) is 9.59 Å². The highest BCUT2D eigenvalue weighted by Gasteiger charge is 2.32. The van der Waals surface area contributed by atoms with Crippen molar-refractivity contribution in [3.63, 3.8) is 0 Å². The van der Waals surface area contributed by atoms with Crippen LogP contribution in [-0.2, 0) is 32.2 Å². The van der Waals surface area contributed by atoms with Gasteiger partial charge >= 0.3 is 0 Å². The van der Waals surface area contributed by atoms with E-state index < -0.39 is 6.29 Å². The fourth-order valence-corrected chi connectivity index (χ4v) is 4.27. The van der Waals surface area contributed by atoms with Crippen molar-refractivity contribution in [3.8, 4) is 0 Å². The summed E-state index contributed by atoms with van der Waals surface area (Å²) in [7, 11) is 3.04. The number of aromatic nitrogens is 2. The number of methoxy groups -OCH3 is 2. The van der Waals surface area contributed by atoms with E-state index in [4.69, 9.17) is 14.2 Å². The number of nitrogens with one attached hydrogen (secondary N) is 1. The van der Waals surface area contributed by atoms with Gasteiger partial charge in [0.1, 0.15) is 11.9 Å². The van der Waals surface area contributed by atoms with Crippen LogP contribution in [0.15, 0.2) is 30.6 Å². The Morgan fingerprint density at radius 2 is 1.91 bits per heavy atom. The molecule has 2 amide bonds. The van der Waals surface area contributed by atoms with E-state index in [0.717, 1.165) is 11.3 Å². The van der Waals surface area contributed by atoms with Crippen LogP contribution in [-0.4, -0.2) is 66.4 Å². The molecule has 1 N–H and O–H groups in total. The van der Waals surface area contributed by atoms with Gasteiger partial charge in [0.25, 0.3) is 5.91 Å². The highest BCUT2D eigenvalue weighted by molar-refractivity contribution is 5.93. The summed E-state index contributed by atoms with van der Waals surface area (Å²) < 4.78 is 31.2. The first-order valence-electron chi connectivity index (χ1n) is 11.0. The number of nitrogens with zero attached hydrogens (tertiary/aromatic N) is 3. The smallest absolute Gasteiger partial charge is 0.274 e. The molecule has 9 nitrogen and oxygen atoms in total. The molecule has 4 rings (SSSR count). The summed E-state index contributed by atoms with van der Waals surface area (Å²) in [5, 5.41) is 2.84. The topological polar surface area (TPSA) is 94.9 Å². The molecule has 1 fully saturated rings. The Balaban J connectivity index is 1.32. The van der Waals surface area contributed by atoms with Gasteiger partial charge in [0, 0.05) is 33.2 Å². The molecule has 0 aliphatic carbocycles. The van der Waals surface area contributed by atoms with Gasteiger partial charge in [0.05, 0.1) is 31.7 Å². The molecule has 0 saturated carbocycles. The standard InChI is InChI=1S/C23H29FN4O5/c1-31-20(32-2)11-25-22(29)16-7-9-27(10-8-16)23(30)21-18-13-33-19(12-28(18)14-26-21)15-3-5-17(24)6-4-15/h3-6,14,16,19-20H,7-13H2,1-2H3,(H,25,29). The van der Waals surface area contributed by atoms with Crippen molar-refractivity contribution < 1.29 is 28.2 Å². The third-order valence-electron chi connectivity index (χ3n) is 6.30. The average molecular weight is 461 g/mol. The van der Waals surface area contributed by atoms with Crippen molar-refractivity contribution in [1.82, 2.24) is 19.8 Å². The van der Waals surface area contributed by atoms with Crippen LogP contribution in [0.2, 0.25) is 0 Å². The second-order valence-corrected chi connectivity index (χ2v) is 8.26. The molecule has 2 aromatic rings. The average Bonchev–Trinajstić information content (AvgIpc) is 3.28. The quantitative estimate of drug-likeness (QED) is 0.634. The number of likely N-dealkylation sites (tertiary alicyclic amines) is 1. The molecule has 0 bridgehead atoms. The van der Waals surface area contributed by atoms with Crippen LogP contribution in [0.5, 0.6) is 0 Å². The van der Waals surface area contributed by atoms with Crippen molar-refractivity contribution in [2.45, 2.75) is 38.4 Å². The van der Waals surface area contributed by atoms with Crippen molar-refractivity contribution in [3.05, 3.63) is 53.4 Å². The van der Waals surface area contributed by atoms with Gasteiger partial charge in [-0.15, -0.1) is 0 Å². The Morgan fingerprint density at radius 1 is 1.21 bits per heavy atom.